The van der Waals surface area contributed by atoms with E-state index in [0.29, 0.717) is 28.6 Å². The molecule has 122 valence electrons. The Morgan fingerprint density at radius 2 is 2.17 bits per heavy atom. The quantitative estimate of drug-likeness (QED) is 0.753. The van der Waals surface area contributed by atoms with Crippen LogP contribution in [0.2, 0.25) is 5.02 Å². The Hall–Kier alpha value is -2.14. The molecule has 0 saturated heterocycles. The zero-order chi connectivity index (χ0) is 17.1. The predicted octanol–water partition coefficient (Wildman–Crippen LogP) is 3.02. The van der Waals surface area contributed by atoms with Gasteiger partial charge in [-0.1, -0.05) is 11.6 Å². The van der Waals surface area contributed by atoms with E-state index >= 15 is 0 Å². The van der Waals surface area contributed by atoms with Crippen molar-refractivity contribution in [3.63, 3.8) is 0 Å². The Morgan fingerprint density at radius 1 is 1.33 bits per heavy atom. The van der Waals surface area contributed by atoms with Gasteiger partial charge < -0.3 is 10.3 Å². The van der Waals surface area contributed by atoms with Crippen molar-refractivity contribution < 1.29 is 0 Å². The highest BCUT2D eigenvalue weighted by Crippen LogP contribution is 2.30. The molecule has 3 aromatic rings. The lowest BCUT2D eigenvalue weighted by Gasteiger charge is -2.07. The second-order valence-corrected chi connectivity index (χ2v) is 6.49. The third-order valence-electron chi connectivity index (χ3n) is 3.54. The number of pyridine rings is 1. The van der Waals surface area contributed by atoms with Gasteiger partial charge in [-0.05, 0) is 49.5 Å². The zero-order valence-corrected chi connectivity index (χ0v) is 14.6. The van der Waals surface area contributed by atoms with Crippen LogP contribution in [0.5, 0.6) is 0 Å². The van der Waals surface area contributed by atoms with Crippen LogP contribution in [0.25, 0.3) is 10.9 Å². The van der Waals surface area contributed by atoms with E-state index in [1.807, 2.05) is 17.6 Å². The van der Waals surface area contributed by atoms with Crippen LogP contribution in [0, 0.1) is 11.3 Å². The number of rotatable bonds is 5. The van der Waals surface area contributed by atoms with Gasteiger partial charge in [0.15, 0.2) is 5.16 Å². The minimum absolute atomic E-state index is 0.524. The van der Waals surface area contributed by atoms with E-state index in [-0.39, 0.29) is 0 Å². The first kappa shape index (κ1) is 16.7. The first-order valence-corrected chi connectivity index (χ1v) is 8.66. The lowest BCUT2D eigenvalue weighted by atomic mass is 10.1. The number of benzene rings is 1. The van der Waals surface area contributed by atoms with Gasteiger partial charge in [-0.3, -0.25) is 0 Å². The highest BCUT2D eigenvalue weighted by molar-refractivity contribution is 7.99. The molecule has 2 N–H and O–H groups in total. The van der Waals surface area contributed by atoms with Crippen LogP contribution in [0.1, 0.15) is 18.3 Å². The third kappa shape index (κ3) is 3.22. The summed E-state index contributed by atoms with van der Waals surface area (Å²) in [6.07, 6.45) is 0.675. The lowest BCUT2D eigenvalue weighted by molar-refractivity contribution is 0.640. The van der Waals surface area contributed by atoms with E-state index in [4.69, 9.17) is 17.3 Å². The summed E-state index contributed by atoms with van der Waals surface area (Å²) in [4.78, 5) is 4.60. The lowest BCUT2D eigenvalue weighted by Crippen LogP contribution is -2.09. The number of hydrogen-bond acceptors (Lipinski definition) is 6. The molecule has 0 spiro atoms. The minimum Gasteiger partial charge on any atom is -0.330 e. The van der Waals surface area contributed by atoms with Crippen LogP contribution in [0.15, 0.2) is 34.4 Å². The van der Waals surface area contributed by atoms with Gasteiger partial charge >= 0.3 is 0 Å². The molecule has 2 heterocycles. The maximum atomic E-state index is 9.41. The van der Waals surface area contributed by atoms with Crippen molar-refractivity contribution in [2.45, 2.75) is 30.1 Å². The average Bonchev–Trinajstić information content (AvgIpc) is 2.96. The predicted molar refractivity (Wildman–Crippen MR) is 94.0 cm³/mol. The van der Waals surface area contributed by atoms with Crippen LogP contribution in [0.3, 0.4) is 0 Å². The Bertz CT molecular complexity index is 930. The van der Waals surface area contributed by atoms with Gasteiger partial charge in [0.1, 0.15) is 10.9 Å². The van der Waals surface area contributed by atoms with Gasteiger partial charge in [0.25, 0.3) is 0 Å². The van der Waals surface area contributed by atoms with Gasteiger partial charge in [-0.2, -0.15) is 5.26 Å². The summed E-state index contributed by atoms with van der Waals surface area (Å²) in [7, 11) is 0. The van der Waals surface area contributed by atoms with Gasteiger partial charge in [0, 0.05) is 23.4 Å². The first-order valence-electron chi connectivity index (χ1n) is 7.46. The van der Waals surface area contributed by atoms with Crippen molar-refractivity contribution in [3.8, 4) is 6.07 Å². The molecule has 24 heavy (non-hydrogen) atoms. The summed E-state index contributed by atoms with van der Waals surface area (Å²) < 4.78 is 2.01. The molecule has 8 heteroatoms. The average molecular weight is 359 g/mol. The molecular weight excluding hydrogens is 344 g/mol. The Morgan fingerprint density at radius 3 is 2.88 bits per heavy atom. The van der Waals surface area contributed by atoms with Crippen LogP contribution in [-0.2, 0) is 13.0 Å². The molecule has 6 nitrogen and oxygen atoms in total. The summed E-state index contributed by atoms with van der Waals surface area (Å²) in [6, 6.07) is 9.29. The maximum Gasteiger partial charge on any atom is 0.197 e. The molecule has 0 unspecified atom stereocenters. The van der Waals surface area contributed by atoms with Gasteiger partial charge in [-0.15, -0.1) is 10.2 Å². The smallest absolute Gasteiger partial charge is 0.197 e. The molecule has 0 amide bonds. The highest BCUT2D eigenvalue weighted by atomic mass is 35.5. The fourth-order valence-electron chi connectivity index (χ4n) is 2.44. The summed E-state index contributed by atoms with van der Waals surface area (Å²) >= 11 is 7.40. The molecule has 0 aliphatic carbocycles. The molecular formula is C16H15ClN6S. The second kappa shape index (κ2) is 7.18. The fourth-order valence-corrected chi connectivity index (χ4v) is 3.54. The Balaban J connectivity index is 2.02. The molecule has 0 saturated carbocycles. The van der Waals surface area contributed by atoms with Crippen molar-refractivity contribution in [3.05, 3.63) is 40.7 Å². The van der Waals surface area contributed by atoms with Crippen molar-refractivity contribution in [2.75, 3.05) is 6.54 Å². The monoisotopic (exact) mass is 358 g/mol. The number of fused-ring (bicyclic) bond motifs is 1. The standard InChI is InChI=1S/C16H15ClN6S/c1-2-23-14(5-6-18)21-22-16(23)24-15-7-10(9-19)12-8-11(17)3-4-13(12)20-15/h3-4,7-8H,2,5-6,18H2,1H3. The Kier molecular flexibility index (Phi) is 5.00. The van der Waals surface area contributed by atoms with E-state index in [1.54, 1.807) is 18.2 Å². The van der Waals surface area contributed by atoms with Gasteiger partial charge in [0.05, 0.1) is 17.1 Å². The number of nitriles is 1. The van der Waals surface area contributed by atoms with E-state index < -0.39 is 0 Å². The molecule has 2 aromatic heterocycles. The molecule has 0 radical (unpaired) electrons. The molecule has 0 aliphatic heterocycles. The topological polar surface area (TPSA) is 93.4 Å². The number of halogens is 1. The number of aromatic nitrogens is 4. The summed E-state index contributed by atoms with van der Waals surface area (Å²) in [5, 5.41) is 20.6. The summed E-state index contributed by atoms with van der Waals surface area (Å²) in [6.45, 7) is 3.30. The molecule has 0 aliphatic rings. The van der Waals surface area contributed by atoms with Crippen molar-refractivity contribution in [1.82, 2.24) is 19.7 Å². The third-order valence-corrected chi connectivity index (χ3v) is 4.68. The summed E-state index contributed by atoms with van der Waals surface area (Å²) in [5.74, 6) is 0.857. The number of nitrogens with two attached hydrogens (primary N) is 1. The van der Waals surface area contributed by atoms with E-state index in [9.17, 15) is 5.26 Å². The highest BCUT2D eigenvalue weighted by Gasteiger charge is 2.14. The molecule has 3 rings (SSSR count). The number of hydrogen-bond donors (Lipinski definition) is 1. The van der Waals surface area contributed by atoms with Gasteiger partial charge in [0.2, 0.25) is 0 Å². The van der Waals surface area contributed by atoms with Crippen molar-refractivity contribution >= 4 is 34.3 Å². The van der Waals surface area contributed by atoms with Crippen molar-refractivity contribution in [2.24, 2.45) is 5.73 Å². The molecule has 1 aromatic carbocycles. The number of nitrogens with zero attached hydrogens (tertiary/aromatic N) is 5. The second-order valence-electron chi connectivity index (χ2n) is 5.07. The maximum absolute atomic E-state index is 9.41. The van der Waals surface area contributed by atoms with Crippen LogP contribution in [0.4, 0.5) is 0 Å². The van der Waals surface area contributed by atoms with Gasteiger partial charge in [-0.25, -0.2) is 4.98 Å². The molecule has 0 atom stereocenters. The molecule has 0 bridgehead atoms. The first-order chi connectivity index (χ1) is 11.7. The van der Waals surface area contributed by atoms with Crippen LogP contribution < -0.4 is 5.73 Å². The largest absolute Gasteiger partial charge is 0.330 e. The van der Waals surface area contributed by atoms with Crippen LogP contribution >= 0.6 is 23.4 Å². The fraction of sp³-hybridized carbons (Fsp3) is 0.250. The zero-order valence-electron chi connectivity index (χ0n) is 13.0. The van der Waals surface area contributed by atoms with E-state index in [2.05, 4.69) is 21.3 Å². The summed E-state index contributed by atoms with van der Waals surface area (Å²) in [5.41, 5.74) is 6.88. The van der Waals surface area contributed by atoms with Crippen LogP contribution in [-0.4, -0.2) is 26.3 Å². The molecule has 0 fully saturated rings. The van der Waals surface area contributed by atoms with Crippen molar-refractivity contribution in [1.29, 1.82) is 5.26 Å². The Labute approximate surface area is 148 Å². The van der Waals surface area contributed by atoms with E-state index in [0.717, 1.165) is 28.4 Å². The minimum atomic E-state index is 0.524. The van der Waals surface area contributed by atoms with E-state index in [1.165, 1.54) is 11.8 Å². The normalized spacial score (nSPS) is 10.9. The SMILES string of the molecule is CCn1c(CCN)nnc1Sc1cc(C#N)c2cc(Cl)ccc2n1.